The van der Waals surface area contributed by atoms with E-state index in [0.29, 0.717) is 10.7 Å². The lowest BCUT2D eigenvalue weighted by Gasteiger charge is -1.97. The maximum absolute atomic E-state index is 8.73. The van der Waals surface area contributed by atoms with Crippen molar-refractivity contribution in [3.8, 4) is 17.3 Å². The molecule has 0 radical (unpaired) electrons. The van der Waals surface area contributed by atoms with Crippen LogP contribution in [0.4, 0.5) is 5.13 Å². The normalized spacial score (nSPS) is 10.7. The molecule has 0 saturated heterocycles. The fourth-order valence-corrected chi connectivity index (χ4v) is 2.67. The first-order valence-electron chi connectivity index (χ1n) is 4.96. The van der Waals surface area contributed by atoms with Crippen molar-refractivity contribution in [1.29, 1.82) is 5.26 Å². The quantitative estimate of drug-likeness (QED) is 0.922. The van der Waals surface area contributed by atoms with Crippen LogP contribution < -0.4 is 5.31 Å². The second-order valence-corrected chi connectivity index (χ2v) is 5.33. The van der Waals surface area contributed by atoms with Crippen LogP contribution in [0.2, 0.25) is 1.41 Å². The van der Waals surface area contributed by atoms with Gasteiger partial charge in [0.25, 0.3) is 0 Å². The monoisotopic (exact) mass is 294 g/mol. The summed E-state index contributed by atoms with van der Waals surface area (Å²) >= 11 is 4.84. The maximum Gasteiger partial charge on any atom is 0.184 e. The van der Waals surface area contributed by atoms with E-state index >= 15 is 0 Å². The lowest BCUT2D eigenvalue weighted by Crippen LogP contribution is -1.86. The second kappa shape index (κ2) is 4.64. The van der Waals surface area contributed by atoms with Crippen LogP contribution >= 0.6 is 27.3 Å². The molecule has 0 fully saturated rings. The number of aromatic nitrogens is 1. The van der Waals surface area contributed by atoms with Gasteiger partial charge in [0.05, 0.1) is 21.1 Å². The molecule has 0 bridgehead atoms. The number of hydrogen-bond acceptors (Lipinski definition) is 4. The third kappa shape index (κ3) is 2.08. The molecular formula is C11H8BrN3S. The van der Waals surface area contributed by atoms with Crippen molar-refractivity contribution >= 4 is 32.4 Å². The summed E-state index contributed by atoms with van der Waals surface area (Å²) in [4.78, 5) is 4.36. The third-order valence-corrected chi connectivity index (χ3v) is 3.74. The van der Waals surface area contributed by atoms with Gasteiger partial charge < -0.3 is 5.31 Å². The second-order valence-electron chi connectivity index (χ2n) is 3.03. The Morgan fingerprint density at radius 3 is 2.69 bits per heavy atom. The van der Waals surface area contributed by atoms with Crippen molar-refractivity contribution in [3.05, 3.63) is 33.6 Å². The van der Waals surface area contributed by atoms with E-state index in [9.17, 15) is 0 Å². The minimum absolute atomic E-state index is 0.622. The van der Waals surface area contributed by atoms with Gasteiger partial charge in [-0.2, -0.15) is 5.26 Å². The fraction of sp³-hybridized carbons (Fsp3) is 0.0909. The highest BCUT2D eigenvalue weighted by atomic mass is 79.9. The standard InChI is InChI=1S/C11H8BrN3S/c1-14-11-15-9(10(12)16-11)8-4-2-7(6-13)3-5-8/h2-5H,1H3,(H,14,15)/i/hD. The molecule has 0 aliphatic rings. The highest BCUT2D eigenvalue weighted by Crippen LogP contribution is 2.35. The first kappa shape index (κ1) is 9.82. The maximum atomic E-state index is 8.73. The van der Waals surface area contributed by atoms with Gasteiger partial charge in [0.2, 0.25) is 0 Å². The van der Waals surface area contributed by atoms with Gasteiger partial charge in [0.15, 0.2) is 6.54 Å². The van der Waals surface area contributed by atoms with Crippen molar-refractivity contribution in [3.63, 3.8) is 0 Å². The molecule has 1 aromatic heterocycles. The predicted molar refractivity (Wildman–Crippen MR) is 69.5 cm³/mol. The van der Waals surface area contributed by atoms with Gasteiger partial charge in [-0.15, -0.1) is 0 Å². The van der Waals surface area contributed by atoms with E-state index in [2.05, 4.69) is 27.0 Å². The van der Waals surface area contributed by atoms with Gasteiger partial charge in [0.1, 0.15) is 0 Å². The van der Waals surface area contributed by atoms with Crippen molar-refractivity contribution < 1.29 is 1.41 Å². The topological polar surface area (TPSA) is 48.7 Å². The molecule has 0 aliphatic carbocycles. The first-order chi connectivity index (χ1) is 8.11. The largest absolute Gasteiger partial charge is 0.365 e. The van der Waals surface area contributed by atoms with Crippen molar-refractivity contribution in [2.24, 2.45) is 0 Å². The molecule has 1 aromatic carbocycles. The van der Waals surface area contributed by atoms with E-state index in [4.69, 9.17) is 6.67 Å². The zero-order valence-corrected chi connectivity index (χ0v) is 10.8. The van der Waals surface area contributed by atoms with Gasteiger partial charge in [-0.05, 0) is 28.1 Å². The van der Waals surface area contributed by atoms with Crippen LogP contribution in [0.25, 0.3) is 11.3 Å². The van der Waals surface area contributed by atoms with Crippen LogP contribution in [0.15, 0.2) is 28.1 Å². The average molecular weight is 295 g/mol. The Balaban J connectivity index is 2.42. The lowest BCUT2D eigenvalue weighted by atomic mass is 10.1. The fourth-order valence-electron chi connectivity index (χ4n) is 1.27. The number of nitrogens with one attached hydrogen (secondary N) is 1. The molecule has 0 atom stereocenters. The number of hydrogen-bond donors (Lipinski definition) is 1. The predicted octanol–water partition coefficient (Wildman–Crippen LogP) is 3.49. The number of anilines is 1. The summed E-state index contributed by atoms with van der Waals surface area (Å²) in [6.07, 6.45) is 0. The highest BCUT2D eigenvalue weighted by Gasteiger charge is 2.09. The summed E-state index contributed by atoms with van der Waals surface area (Å²) in [5, 5.41) is 10.6. The Hall–Kier alpha value is -1.38. The van der Waals surface area contributed by atoms with Crippen LogP contribution in [0.3, 0.4) is 0 Å². The molecule has 2 aromatic rings. The molecule has 0 spiro atoms. The Kier molecular flexibility index (Phi) is 2.85. The van der Waals surface area contributed by atoms with Gasteiger partial charge in [0, 0.05) is 12.6 Å². The molecule has 1 heterocycles. The van der Waals surface area contributed by atoms with E-state index in [1.165, 1.54) is 16.6 Å². The van der Waals surface area contributed by atoms with Crippen molar-refractivity contribution in [2.45, 2.75) is 0 Å². The number of thiazole rings is 1. The summed E-state index contributed by atoms with van der Waals surface area (Å²) in [6.45, 7) is 0. The number of halogens is 1. The minimum Gasteiger partial charge on any atom is -0.365 e. The van der Waals surface area contributed by atoms with Crippen LogP contribution in [-0.2, 0) is 0 Å². The van der Waals surface area contributed by atoms with Crippen LogP contribution in [-0.4, -0.2) is 12.0 Å². The van der Waals surface area contributed by atoms with Crippen LogP contribution in [0.5, 0.6) is 0 Å². The summed E-state index contributed by atoms with van der Waals surface area (Å²) in [5.74, 6) is 0. The van der Waals surface area contributed by atoms with Gasteiger partial charge in [-0.25, -0.2) is 4.98 Å². The number of nitrogens with zero attached hydrogens (tertiary/aromatic N) is 2. The molecular weight excluding hydrogens is 286 g/mol. The van der Waals surface area contributed by atoms with Gasteiger partial charge in [-0.1, -0.05) is 23.5 Å². The Morgan fingerprint density at radius 1 is 1.50 bits per heavy atom. The van der Waals surface area contributed by atoms with Crippen molar-refractivity contribution in [2.75, 3.05) is 12.4 Å². The third-order valence-electron chi connectivity index (χ3n) is 2.05. The summed E-state index contributed by atoms with van der Waals surface area (Å²) in [6, 6.07) is 9.29. The van der Waals surface area contributed by atoms with Crippen LogP contribution in [0, 0.1) is 11.3 Å². The van der Waals surface area contributed by atoms with E-state index in [1.807, 2.05) is 12.1 Å². The molecule has 80 valence electrons. The number of benzene rings is 1. The van der Waals surface area contributed by atoms with E-state index in [1.54, 1.807) is 19.2 Å². The summed E-state index contributed by atoms with van der Waals surface area (Å²) in [5.41, 5.74) is 2.35. The molecule has 1 N–H and O–H groups in total. The van der Waals surface area contributed by atoms with E-state index in [-0.39, 0.29) is 0 Å². The number of rotatable bonds is 2. The molecule has 0 aliphatic heterocycles. The Bertz CT molecular complexity index is 571. The molecule has 5 heteroatoms. The molecule has 2 rings (SSSR count). The smallest absolute Gasteiger partial charge is 0.184 e. The minimum atomic E-state index is 0.622. The molecule has 0 amide bonds. The van der Waals surface area contributed by atoms with Crippen molar-refractivity contribution in [1.82, 2.24) is 4.98 Å². The summed E-state index contributed by atoms with van der Waals surface area (Å²) in [7, 11) is 1.63. The molecule has 0 unspecified atom stereocenters. The first-order valence-corrected chi connectivity index (χ1v) is 6.12. The highest BCUT2D eigenvalue weighted by molar-refractivity contribution is 9.11. The van der Waals surface area contributed by atoms with E-state index < -0.39 is 0 Å². The molecule has 16 heavy (non-hydrogen) atoms. The van der Waals surface area contributed by atoms with Crippen LogP contribution in [0.1, 0.15) is 5.56 Å². The Labute approximate surface area is 107 Å². The van der Waals surface area contributed by atoms with Gasteiger partial charge >= 0.3 is 0 Å². The molecule has 0 saturated carbocycles. The lowest BCUT2D eigenvalue weighted by molar-refractivity contribution is 1.35. The Morgan fingerprint density at radius 2 is 2.19 bits per heavy atom. The van der Waals surface area contributed by atoms with E-state index in [0.717, 1.165) is 15.0 Å². The van der Waals surface area contributed by atoms with Gasteiger partial charge in [-0.3, -0.25) is 0 Å². The zero-order valence-electron chi connectivity index (χ0n) is 9.44. The SMILES string of the molecule is [2H]N(C)c1nc(-c2ccc(C#N)cc2)c(Br)s1. The average Bonchev–Trinajstić information content (AvgIpc) is 2.72. The summed E-state index contributed by atoms with van der Waals surface area (Å²) < 4.78 is 8.36. The number of nitriles is 1. The zero-order chi connectivity index (χ0) is 12.4. The molecule has 3 nitrogen and oxygen atoms in total.